The molecule has 0 rings (SSSR count). The normalized spacial score (nSPS) is 9.78. The van der Waals surface area contributed by atoms with E-state index in [0.29, 0.717) is 0 Å². The summed E-state index contributed by atoms with van der Waals surface area (Å²) in [4.78, 5) is 0. The summed E-state index contributed by atoms with van der Waals surface area (Å²) < 4.78 is 26.9. The Labute approximate surface area is 55.3 Å². The zero-order chi connectivity index (χ0) is 7.91. The highest BCUT2D eigenvalue weighted by molar-refractivity contribution is 7.85. The van der Waals surface area contributed by atoms with Gasteiger partial charge in [0.15, 0.2) is 0 Å². The Morgan fingerprint density at radius 1 is 1.33 bits per heavy atom. The first-order valence-electron chi connectivity index (χ1n) is 2.54. The van der Waals surface area contributed by atoms with Crippen LogP contribution in [-0.4, -0.2) is 30.4 Å². The van der Waals surface area contributed by atoms with Crippen LogP contribution < -0.4 is 0 Å². The van der Waals surface area contributed by atoms with Gasteiger partial charge in [0.25, 0.3) is 10.1 Å². The lowest BCUT2D eigenvalue weighted by molar-refractivity contribution is 0.318. The minimum absolute atomic E-state index is 0.201. The molecular formula is C4H12O4S. The molecule has 58 valence electrons. The third-order valence-electron chi connectivity index (χ3n) is 0.365. The van der Waals surface area contributed by atoms with Crippen molar-refractivity contribution in [3.8, 4) is 0 Å². The Hall–Kier alpha value is -0.130. The summed E-state index contributed by atoms with van der Waals surface area (Å²) in [6.07, 6.45) is 0. The van der Waals surface area contributed by atoms with Crippen molar-refractivity contribution in [2.75, 3.05) is 12.4 Å². The minimum atomic E-state index is -3.66. The van der Waals surface area contributed by atoms with Gasteiger partial charge in [0, 0.05) is 6.61 Å². The van der Waals surface area contributed by atoms with Crippen LogP contribution in [0.4, 0.5) is 0 Å². The lowest BCUT2D eigenvalue weighted by Gasteiger charge is -1.79. The maximum absolute atomic E-state index is 9.56. The zero-order valence-electron chi connectivity index (χ0n) is 5.53. The number of hydrogen-bond donors (Lipinski definition) is 2. The van der Waals surface area contributed by atoms with Crippen LogP contribution in [0, 0.1) is 0 Å². The molecule has 0 bridgehead atoms. The lowest BCUT2D eigenvalue weighted by Crippen LogP contribution is -1.97. The average molecular weight is 156 g/mol. The fraction of sp³-hybridized carbons (Fsp3) is 1.00. The third-order valence-corrected chi connectivity index (χ3v) is 1.09. The number of hydrogen-bond acceptors (Lipinski definition) is 3. The van der Waals surface area contributed by atoms with Crippen molar-refractivity contribution in [1.82, 2.24) is 0 Å². The van der Waals surface area contributed by atoms with Crippen molar-refractivity contribution in [2.45, 2.75) is 13.8 Å². The number of aliphatic hydroxyl groups excluding tert-OH is 1. The molecule has 0 radical (unpaired) electrons. The Balaban J connectivity index is 0. The van der Waals surface area contributed by atoms with Crippen LogP contribution in [0.2, 0.25) is 0 Å². The van der Waals surface area contributed by atoms with Gasteiger partial charge in [0.1, 0.15) is 0 Å². The molecule has 0 atom stereocenters. The van der Waals surface area contributed by atoms with Crippen LogP contribution in [0.25, 0.3) is 0 Å². The van der Waals surface area contributed by atoms with Crippen molar-refractivity contribution >= 4 is 10.1 Å². The van der Waals surface area contributed by atoms with E-state index in [0.717, 1.165) is 0 Å². The van der Waals surface area contributed by atoms with Gasteiger partial charge in [-0.1, -0.05) is 0 Å². The summed E-state index contributed by atoms with van der Waals surface area (Å²) in [5.41, 5.74) is 0. The van der Waals surface area contributed by atoms with Gasteiger partial charge in [0.2, 0.25) is 0 Å². The Morgan fingerprint density at radius 2 is 1.44 bits per heavy atom. The standard InChI is InChI=1S/C2H6O3S.C2H6O/c1-2-6(3,4)5;1-2-3/h2H2,1H3,(H,3,4,5);3H,2H2,1H3. The van der Waals surface area contributed by atoms with Crippen LogP contribution in [-0.2, 0) is 10.1 Å². The van der Waals surface area contributed by atoms with E-state index in [4.69, 9.17) is 9.66 Å². The molecule has 0 amide bonds. The van der Waals surface area contributed by atoms with E-state index in [1.165, 1.54) is 6.92 Å². The Kier molecular flexibility index (Phi) is 7.76. The molecule has 0 saturated heterocycles. The molecule has 0 saturated carbocycles. The summed E-state index contributed by atoms with van der Waals surface area (Å²) in [6, 6.07) is 0. The Morgan fingerprint density at radius 3 is 1.44 bits per heavy atom. The monoisotopic (exact) mass is 156 g/mol. The maximum atomic E-state index is 9.56. The molecule has 9 heavy (non-hydrogen) atoms. The van der Waals surface area contributed by atoms with E-state index >= 15 is 0 Å². The van der Waals surface area contributed by atoms with Crippen LogP contribution >= 0.6 is 0 Å². The van der Waals surface area contributed by atoms with E-state index in [1.54, 1.807) is 6.92 Å². The van der Waals surface area contributed by atoms with Crippen molar-refractivity contribution in [1.29, 1.82) is 0 Å². The highest BCUT2D eigenvalue weighted by Gasteiger charge is 1.93. The second-order valence-electron chi connectivity index (χ2n) is 1.19. The summed E-state index contributed by atoms with van der Waals surface area (Å²) in [6.45, 7) is 3.30. The van der Waals surface area contributed by atoms with E-state index in [2.05, 4.69) is 0 Å². The van der Waals surface area contributed by atoms with E-state index in [9.17, 15) is 8.42 Å². The highest BCUT2D eigenvalue weighted by Crippen LogP contribution is 1.74. The second-order valence-corrected chi connectivity index (χ2v) is 2.93. The molecule has 0 fully saturated rings. The molecule has 0 aromatic heterocycles. The van der Waals surface area contributed by atoms with E-state index in [-0.39, 0.29) is 12.4 Å². The Bertz CT molecular complexity index is 126. The predicted molar refractivity (Wildman–Crippen MR) is 34.8 cm³/mol. The molecule has 0 unspecified atom stereocenters. The first kappa shape index (κ1) is 11.6. The largest absolute Gasteiger partial charge is 0.397 e. The molecule has 0 aliphatic rings. The van der Waals surface area contributed by atoms with Gasteiger partial charge in [0.05, 0.1) is 5.75 Å². The number of aliphatic hydroxyl groups is 1. The highest BCUT2D eigenvalue weighted by atomic mass is 32.2. The van der Waals surface area contributed by atoms with Gasteiger partial charge in [-0.25, -0.2) is 0 Å². The molecular weight excluding hydrogens is 144 g/mol. The third kappa shape index (κ3) is 32.9. The van der Waals surface area contributed by atoms with Crippen molar-refractivity contribution in [2.24, 2.45) is 0 Å². The van der Waals surface area contributed by atoms with Gasteiger partial charge in [-0.3, -0.25) is 4.55 Å². The fourth-order valence-corrected chi connectivity index (χ4v) is 0. The molecule has 2 N–H and O–H groups in total. The van der Waals surface area contributed by atoms with Gasteiger partial charge >= 0.3 is 0 Å². The lowest BCUT2D eigenvalue weighted by atomic mass is 10.9. The predicted octanol–water partition coefficient (Wildman–Crippen LogP) is -0.107. The van der Waals surface area contributed by atoms with Crippen molar-refractivity contribution in [3.63, 3.8) is 0 Å². The average Bonchev–Trinajstić information content (AvgIpc) is 1.67. The summed E-state index contributed by atoms with van der Waals surface area (Å²) in [7, 11) is -3.66. The minimum Gasteiger partial charge on any atom is -0.397 e. The maximum Gasteiger partial charge on any atom is 0.264 e. The summed E-state index contributed by atoms with van der Waals surface area (Å²) in [5, 5.41) is 7.57. The van der Waals surface area contributed by atoms with Gasteiger partial charge in [-0.15, -0.1) is 0 Å². The molecule has 0 aliphatic carbocycles. The van der Waals surface area contributed by atoms with Gasteiger partial charge in [-0.05, 0) is 13.8 Å². The number of rotatable bonds is 1. The SMILES string of the molecule is CCO.CCS(=O)(=O)O. The van der Waals surface area contributed by atoms with Gasteiger partial charge in [-0.2, -0.15) is 8.42 Å². The molecule has 0 spiro atoms. The van der Waals surface area contributed by atoms with Crippen LogP contribution in [0.5, 0.6) is 0 Å². The quantitative estimate of drug-likeness (QED) is 0.519. The van der Waals surface area contributed by atoms with Crippen LogP contribution in [0.3, 0.4) is 0 Å². The molecule has 4 nitrogen and oxygen atoms in total. The smallest absolute Gasteiger partial charge is 0.264 e. The topological polar surface area (TPSA) is 74.6 Å². The van der Waals surface area contributed by atoms with Crippen molar-refractivity contribution < 1.29 is 18.1 Å². The summed E-state index contributed by atoms with van der Waals surface area (Å²) >= 11 is 0. The first-order valence-corrected chi connectivity index (χ1v) is 4.14. The van der Waals surface area contributed by atoms with Crippen LogP contribution in [0.1, 0.15) is 13.8 Å². The first-order chi connectivity index (χ1) is 3.97. The molecule has 0 aromatic carbocycles. The molecule has 5 heteroatoms. The van der Waals surface area contributed by atoms with E-state index in [1.807, 2.05) is 0 Å². The molecule has 0 aliphatic heterocycles. The molecule has 0 aromatic rings. The zero-order valence-corrected chi connectivity index (χ0v) is 6.35. The summed E-state index contributed by atoms with van der Waals surface area (Å²) in [5.74, 6) is -0.201. The van der Waals surface area contributed by atoms with E-state index < -0.39 is 10.1 Å². The van der Waals surface area contributed by atoms with Crippen molar-refractivity contribution in [3.05, 3.63) is 0 Å². The van der Waals surface area contributed by atoms with Crippen LogP contribution in [0.15, 0.2) is 0 Å². The second kappa shape index (κ2) is 6.00. The molecule has 0 heterocycles. The van der Waals surface area contributed by atoms with Gasteiger partial charge < -0.3 is 5.11 Å². The fourth-order valence-electron chi connectivity index (χ4n) is 0.